The Morgan fingerprint density at radius 3 is 2.62 bits per heavy atom. The number of ether oxygens (including phenoxy) is 1. The average molecular weight is 344 g/mol. The third-order valence-corrected chi connectivity index (χ3v) is 4.42. The number of hydrogen-bond donors (Lipinski definition) is 0. The van der Waals surface area contributed by atoms with E-state index in [1.165, 1.54) is 12.1 Å². The van der Waals surface area contributed by atoms with E-state index in [1.54, 1.807) is 12.1 Å². The number of sulfone groups is 1. The molecule has 0 N–H and O–H groups in total. The Bertz CT molecular complexity index is 921. The molecule has 0 unspecified atom stereocenters. The van der Waals surface area contributed by atoms with Crippen LogP contribution in [-0.4, -0.2) is 24.8 Å². The Balaban J connectivity index is 1.64. The van der Waals surface area contributed by atoms with Crippen molar-refractivity contribution in [2.24, 2.45) is 0 Å². The number of nitrogens with zero attached hydrogens (tertiary/aromatic N) is 2. The summed E-state index contributed by atoms with van der Waals surface area (Å²) < 4.78 is 33.8. The first-order valence-corrected chi connectivity index (χ1v) is 9.18. The maximum atomic E-state index is 11.5. The van der Waals surface area contributed by atoms with Gasteiger partial charge in [0.2, 0.25) is 0 Å². The summed E-state index contributed by atoms with van der Waals surface area (Å²) in [5.41, 5.74) is 1.09. The van der Waals surface area contributed by atoms with Crippen molar-refractivity contribution >= 4 is 9.84 Å². The third-order valence-electron chi connectivity index (χ3n) is 3.31. The Hall–Kier alpha value is -2.67. The van der Waals surface area contributed by atoms with Crippen LogP contribution < -0.4 is 4.74 Å². The summed E-state index contributed by atoms with van der Waals surface area (Å²) in [6.45, 7) is 0.0784. The van der Waals surface area contributed by atoms with Crippen molar-refractivity contribution in [1.29, 1.82) is 0 Å². The molecule has 24 heavy (non-hydrogen) atoms. The van der Waals surface area contributed by atoms with Crippen molar-refractivity contribution in [1.82, 2.24) is 10.1 Å². The number of aromatic nitrogens is 2. The minimum atomic E-state index is -3.27. The van der Waals surface area contributed by atoms with Gasteiger partial charge in [-0.05, 0) is 23.8 Å². The maximum absolute atomic E-state index is 11.5. The van der Waals surface area contributed by atoms with Crippen molar-refractivity contribution in [3.63, 3.8) is 0 Å². The van der Waals surface area contributed by atoms with Crippen LogP contribution in [0.4, 0.5) is 0 Å². The van der Waals surface area contributed by atoms with Crippen molar-refractivity contribution in [3.8, 4) is 5.75 Å². The topological polar surface area (TPSA) is 82.3 Å². The van der Waals surface area contributed by atoms with Gasteiger partial charge >= 0.3 is 0 Å². The summed E-state index contributed by atoms with van der Waals surface area (Å²) in [5, 5.41) is 3.92. The van der Waals surface area contributed by atoms with Crippen molar-refractivity contribution in [3.05, 3.63) is 71.9 Å². The molecule has 3 aromatic rings. The average Bonchev–Trinajstić information content (AvgIpc) is 3.01. The van der Waals surface area contributed by atoms with Crippen LogP contribution in [0.25, 0.3) is 0 Å². The highest BCUT2D eigenvalue weighted by Crippen LogP contribution is 2.18. The largest absolute Gasteiger partial charge is 0.484 e. The highest BCUT2D eigenvalue weighted by atomic mass is 32.2. The molecule has 0 aliphatic rings. The molecular formula is C17H16N2O4S. The Morgan fingerprint density at radius 1 is 1.08 bits per heavy atom. The zero-order chi connectivity index (χ0) is 17.0. The van der Waals surface area contributed by atoms with Crippen LogP contribution in [0.2, 0.25) is 0 Å². The molecule has 0 aliphatic carbocycles. The number of rotatable bonds is 6. The second-order valence-corrected chi connectivity index (χ2v) is 7.32. The van der Waals surface area contributed by atoms with Gasteiger partial charge in [-0.3, -0.25) is 0 Å². The minimum Gasteiger partial charge on any atom is -0.484 e. The van der Waals surface area contributed by atoms with E-state index >= 15 is 0 Å². The van der Waals surface area contributed by atoms with Gasteiger partial charge in [-0.2, -0.15) is 4.98 Å². The minimum absolute atomic E-state index is 0.0784. The summed E-state index contributed by atoms with van der Waals surface area (Å²) in [5.74, 6) is 1.34. The van der Waals surface area contributed by atoms with E-state index in [9.17, 15) is 8.42 Å². The predicted octanol–water partition coefficient (Wildman–Crippen LogP) is 2.64. The molecule has 1 heterocycles. The van der Waals surface area contributed by atoms with Gasteiger partial charge in [0, 0.05) is 12.7 Å². The molecule has 0 saturated carbocycles. The molecule has 0 radical (unpaired) electrons. The normalized spacial score (nSPS) is 11.4. The maximum Gasteiger partial charge on any atom is 0.264 e. The number of hydrogen-bond acceptors (Lipinski definition) is 6. The van der Waals surface area contributed by atoms with Gasteiger partial charge in [-0.1, -0.05) is 41.6 Å². The molecule has 0 saturated heterocycles. The van der Waals surface area contributed by atoms with Gasteiger partial charge < -0.3 is 9.26 Å². The van der Waals surface area contributed by atoms with Crippen molar-refractivity contribution in [2.75, 3.05) is 6.26 Å². The first-order valence-electron chi connectivity index (χ1n) is 7.29. The van der Waals surface area contributed by atoms with Crippen LogP contribution in [0.3, 0.4) is 0 Å². The fourth-order valence-corrected chi connectivity index (χ4v) is 2.79. The lowest BCUT2D eigenvalue weighted by Crippen LogP contribution is -2.00. The highest BCUT2D eigenvalue weighted by Gasteiger charge is 2.10. The summed E-state index contributed by atoms with van der Waals surface area (Å²) >= 11 is 0. The second-order valence-electron chi connectivity index (χ2n) is 5.30. The van der Waals surface area contributed by atoms with Crippen LogP contribution in [0.15, 0.2) is 64.0 Å². The SMILES string of the molecule is CS(=O)(=O)c1cccc(OCc2nc(Cc3ccccc3)no2)c1. The molecule has 6 nitrogen and oxygen atoms in total. The van der Waals surface area contributed by atoms with Crippen LogP contribution in [0.1, 0.15) is 17.3 Å². The summed E-state index contributed by atoms with van der Waals surface area (Å²) in [7, 11) is -3.27. The quantitative estimate of drug-likeness (QED) is 0.684. The monoisotopic (exact) mass is 344 g/mol. The smallest absolute Gasteiger partial charge is 0.264 e. The summed E-state index contributed by atoms with van der Waals surface area (Å²) in [4.78, 5) is 4.47. The molecule has 1 aromatic heterocycles. The zero-order valence-corrected chi connectivity index (χ0v) is 13.9. The van der Waals surface area contributed by atoms with Gasteiger partial charge in [0.25, 0.3) is 5.89 Å². The van der Waals surface area contributed by atoms with E-state index in [4.69, 9.17) is 9.26 Å². The van der Waals surface area contributed by atoms with Crippen LogP contribution in [0.5, 0.6) is 5.75 Å². The molecular weight excluding hydrogens is 328 g/mol. The predicted molar refractivity (Wildman–Crippen MR) is 87.4 cm³/mol. The fourth-order valence-electron chi connectivity index (χ4n) is 2.14. The van der Waals surface area contributed by atoms with Crippen LogP contribution >= 0.6 is 0 Å². The fraction of sp³-hybridized carbons (Fsp3) is 0.176. The lowest BCUT2D eigenvalue weighted by molar-refractivity contribution is 0.242. The van der Waals surface area contributed by atoms with Crippen LogP contribution in [-0.2, 0) is 22.9 Å². The van der Waals surface area contributed by atoms with Gasteiger partial charge in [0.15, 0.2) is 22.3 Å². The summed E-state index contributed by atoms with van der Waals surface area (Å²) in [6, 6.07) is 16.1. The molecule has 7 heteroatoms. The zero-order valence-electron chi connectivity index (χ0n) is 13.0. The van der Waals surface area contributed by atoms with Crippen LogP contribution in [0, 0.1) is 0 Å². The first-order chi connectivity index (χ1) is 11.5. The molecule has 2 aromatic carbocycles. The highest BCUT2D eigenvalue weighted by molar-refractivity contribution is 7.90. The lowest BCUT2D eigenvalue weighted by Gasteiger charge is -2.04. The molecule has 0 bridgehead atoms. The third kappa shape index (κ3) is 4.20. The Kier molecular flexibility index (Phi) is 4.61. The van der Waals surface area contributed by atoms with Gasteiger partial charge in [0.1, 0.15) is 5.75 Å². The van der Waals surface area contributed by atoms with E-state index in [0.717, 1.165) is 11.8 Å². The van der Waals surface area contributed by atoms with Crippen molar-refractivity contribution in [2.45, 2.75) is 17.9 Å². The Morgan fingerprint density at radius 2 is 1.88 bits per heavy atom. The van der Waals surface area contributed by atoms with E-state index in [-0.39, 0.29) is 11.5 Å². The van der Waals surface area contributed by atoms with Gasteiger partial charge in [-0.15, -0.1) is 0 Å². The van der Waals surface area contributed by atoms with E-state index < -0.39 is 9.84 Å². The molecule has 0 atom stereocenters. The molecule has 0 aliphatic heterocycles. The molecule has 0 fully saturated rings. The van der Waals surface area contributed by atoms with Gasteiger partial charge in [-0.25, -0.2) is 8.42 Å². The molecule has 3 rings (SSSR count). The molecule has 124 valence electrons. The first kappa shape index (κ1) is 16.2. The molecule has 0 spiro atoms. The molecule has 0 amide bonds. The standard InChI is InChI=1S/C17H16N2O4S/c1-24(20,21)15-9-5-8-14(11-15)22-12-17-18-16(19-23-17)10-13-6-3-2-4-7-13/h2-9,11H,10,12H2,1H3. The van der Waals surface area contributed by atoms with E-state index in [2.05, 4.69) is 10.1 Å². The second kappa shape index (κ2) is 6.84. The summed E-state index contributed by atoms with van der Waals surface area (Å²) in [6.07, 6.45) is 1.73. The Labute approximate surface area is 140 Å². The number of benzene rings is 2. The van der Waals surface area contributed by atoms with E-state index in [1.807, 2.05) is 30.3 Å². The van der Waals surface area contributed by atoms with E-state index in [0.29, 0.717) is 23.9 Å². The lowest BCUT2D eigenvalue weighted by atomic mass is 10.1. The van der Waals surface area contributed by atoms with Crippen molar-refractivity contribution < 1.29 is 17.7 Å². The van der Waals surface area contributed by atoms with Gasteiger partial charge in [0.05, 0.1) is 4.90 Å².